The highest BCUT2D eigenvalue weighted by Gasteiger charge is 2.34. The zero-order chi connectivity index (χ0) is 22.7. The van der Waals surface area contributed by atoms with Crippen molar-refractivity contribution in [3.8, 4) is 5.75 Å². The minimum absolute atomic E-state index is 0.0436. The maximum absolute atomic E-state index is 13.5. The summed E-state index contributed by atoms with van der Waals surface area (Å²) in [5, 5.41) is 3.97. The molecule has 4 rings (SSSR count). The maximum Gasteiger partial charge on any atom is 0.264 e. The Morgan fingerprint density at radius 1 is 1.12 bits per heavy atom. The summed E-state index contributed by atoms with van der Waals surface area (Å²) >= 11 is 3.14. The highest BCUT2D eigenvalue weighted by molar-refractivity contribution is 7.12. The molecular formula is C25H28N2O3S2. The van der Waals surface area contributed by atoms with E-state index in [1.165, 1.54) is 21.8 Å². The van der Waals surface area contributed by atoms with Crippen LogP contribution in [0.5, 0.6) is 5.75 Å². The van der Waals surface area contributed by atoms with Crippen LogP contribution in [-0.4, -0.2) is 47.4 Å². The molecule has 0 saturated carbocycles. The topological polar surface area (TPSA) is 49.9 Å². The third-order valence-corrected chi connectivity index (χ3v) is 7.62. The van der Waals surface area contributed by atoms with Crippen molar-refractivity contribution >= 4 is 34.5 Å². The molecule has 2 amide bonds. The first kappa shape index (κ1) is 22.6. The number of carbonyl (C=O) groups excluding carboxylic acids is 2. The Kier molecular flexibility index (Phi) is 6.96. The lowest BCUT2D eigenvalue weighted by Gasteiger charge is -2.37. The molecule has 0 aliphatic carbocycles. The minimum Gasteiger partial charge on any atom is -0.491 e. The Labute approximate surface area is 197 Å². The summed E-state index contributed by atoms with van der Waals surface area (Å²) in [5.74, 6) is 0.657. The van der Waals surface area contributed by atoms with Gasteiger partial charge in [0.1, 0.15) is 18.9 Å². The molecule has 3 aromatic rings. The second-order valence-corrected chi connectivity index (χ2v) is 10.2. The monoisotopic (exact) mass is 468 g/mol. The predicted molar refractivity (Wildman–Crippen MR) is 130 cm³/mol. The van der Waals surface area contributed by atoms with Crippen molar-refractivity contribution in [2.24, 2.45) is 0 Å². The van der Waals surface area contributed by atoms with E-state index in [4.69, 9.17) is 4.74 Å². The standard InChI is InChI=1S/C25H28N2O3S2/c1-17(2)27(25(29)23-5-4-13-31-23)15-24(28)26-12-10-22-20(11-14-32-22)21(26)16-30-19-8-6-18(3)7-9-19/h4-9,11,13-14,17,21H,10,12,15-16H2,1-3H3/t21-/m1/s1. The van der Waals surface area contributed by atoms with Crippen LogP contribution in [0.3, 0.4) is 0 Å². The van der Waals surface area contributed by atoms with E-state index in [1.807, 2.05) is 67.4 Å². The molecule has 7 heteroatoms. The van der Waals surface area contributed by atoms with E-state index in [1.54, 1.807) is 16.2 Å². The molecule has 0 fully saturated rings. The Morgan fingerprint density at radius 3 is 2.59 bits per heavy atom. The molecule has 0 spiro atoms. The number of rotatable bonds is 7. The average Bonchev–Trinajstić information content (AvgIpc) is 3.48. The fourth-order valence-corrected chi connectivity index (χ4v) is 5.56. The first-order chi connectivity index (χ1) is 15.4. The van der Waals surface area contributed by atoms with Crippen LogP contribution in [0.4, 0.5) is 0 Å². The highest BCUT2D eigenvalue weighted by atomic mass is 32.1. The molecule has 1 aliphatic rings. The number of carbonyl (C=O) groups is 2. The van der Waals surface area contributed by atoms with Crippen molar-refractivity contribution in [3.63, 3.8) is 0 Å². The molecular weight excluding hydrogens is 440 g/mol. The molecule has 5 nitrogen and oxygen atoms in total. The molecule has 168 valence electrons. The lowest BCUT2D eigenvalue weighted by Crippen LogP contribution is -2.49. The second-order valence-electron chi connectivity index (χ2n) is 8.28. The van der Waals surface area contributed by atoms with Crippen LogP contribution >= 0.6 is 22.7 Å². The fraction of sp³-hybridized carbons (Fsp3) is 0.360. The second kappa shape index (κ2) is 9.88. The summed E-state index contributed by atoms with van der Waals surface area (Å²) < 4.78 is 6.10. The zero-order valence-corrected chi connectivity index (χ0v) is 20.2. The summed E-state index contributed by atoms with van der Waals surface area (Å²) in [6, 6.07) is 13.5. The number of benzene rings is 1. The number of hydrogen-bond acceptors (Lipinski definition) is 5. The normalized spacial score (nSPS) is 15.5. The van der Waals surface area contributed by atoms with E-state index in [2.05, 4.69) is 11.4 Å². The summed E-state index contributed by atoms with van der Waals surface area (Å²) in [5.41, 5.74) is 2.33. The summed E-state index contributed by atoms with van der Waals surface area (Å²) in [6.07, 6.45) is 0.834. The third-order valence-electron chi connectivity index (χ3n) is 5.77. The largest absolute Gasteiger partial charge is 0.491 e. The maximum atomic E-state index is 13.5. The van der Waals surface area contributed by atoms with Gasteiger partial charge in [-0.25, -0.2) is 0 Å². The quantitative estimate of drug-likeness (QED) is 0.480. The predicted octanol–water partition coefficient (Wildman–Crippen LogP) is 5.17. The molecule has 1 atom stereocenters. The third kappa shape index (κ3) is 4.89. The van der Waals surface area contributed by atoms with E-state index in [9.17, 15) is 9.59 Å². The molecule has 3 heterocycles. The number of amides is 2. The van der Waals surface area contributed by atoms with Gasteiger partial charge in [0.2, 0.25) is 5.91 Å². The Bertz CT molecular complexity index is 1060. The van der Waals surface area contributed by atoms with Gasteiger partial charge in [-0.3, -0.25) is 9.59 Å². The van der Waals surface area contributed by atoms with Gasteiger partial charge in [0.05, 0.1) is 10.9 Å². The SMILES string of the molecule is Cc1ccc(OC[C@@H]2c3ccsc3CCN2C(=O)CN(C(=O)c2cccs2)C(C)C)cc1. The molecule has 32 heavy (non-hydrogen) atoms. The van der Waals surface area contributed by atoms with E-state index in [0.717, 1.165) is 17.7 Å². The van der Waals surface area contributed by atoms with Crippen LogP contribution in [0.1, 0.15) is 45.6 Å². The average molecular weight is 469 g/mol. The Morgan fingerprint density at radius 2 is 1.91 bits per heavy atom. The van der Waals surface area contributed by atoms with Gasteiger partial charge in [0.25, 0.3) is 5.91 Å². The Hall–Kier alpha value is -2.64. The van der Waals surface area contributed by atoms with Gasteiger partial charge in [-0.15, -0.1) is 22.7 Å². The molecule has 2 aromatic heterocycles. The number of hydrogen-bond donors (Lipinski definition) is 0. The molecule has 0 saturated heterocycles. The molecule has 1 aliphatic heterocycles. The van der Waals surface area contributed by atoms with Gasteiger partial charge in [-0.2, -0.15) is 0 Å². The first-order valence-electron chi connectivity index (χ1n) is 10.8. The van der Waals surface area contributed by atoms with Gasteiger partial charge < -0.3 is 14.5 Å². The van der Waals surface area contributed by atoms with Gasteiger partial charge in [-0.1, -0.05) is 23.8 Å². The number of fused-ring (bicyclic) bond motifs is 1. The van der Waals surface area contributed by atoms with Crippen LogP contribution in [-0.2, 0) is 11.2 Å². The van der Waals surface area contributed by atoms with Crippen LogP contribution < -0.4 is 4.74 Å². The van der Waals surface area contributed by atoms with Crippen LogP contribution in [0.15, 0.2) is 53.2 Å². The van der Waals surface area contributed by atoms with E-state index < -0.39 is 0 Å². The fourth-order valence-electron chi connectivity index (χ4n) is 3.95. The van der Waals surface area contributed by atoms with Gasteiger partial charge >= 0.3 is 0 Å². The number of thiophene rings is 2. The van der Waals surface area contributed by atoms with Crippen molar-refractivity contribution in [1.82, 2.24) is 9.80 Å². The first-order valence-corrected chi connectivity index (χ1v) is 12.6. The van der Waals surface area contributed by atoms with Crippen LogP contribution in [0, 0.1) is 6.92 Å². The van der Waals surface area contributed by atoms with Crippen molar-refractivity contribution in [2.75, 3.05) is 19.7 Å². The van der Waals surface area contributed by atoms with Crippen molar-refractivity contribution in [1.29, 1.82) is 0 Å². The van der Waals surface area contributed by atoms with Gasteiger partial charge in [0, 0.05) is 17.5 Å². The summed E-state index contributed by atoms with van der Waals surface area (Å²) in [4.78, 5) is 32.0. The Balaban J connectivity index is 1.52. The number of aryl methyl sites for hydroxylation is 1. The lowest BCUT2D eigenvalue weighted by atomic mass is 10.00. The van der Waals surface area contributed by atoms with Crippen molar-refractivity contribution in [3.05, 3.63) is 74.1 Å². The molecule has 0 bridgehead atoms. The lowest BCUT2D eigenvalue weighted by molar-refractivity contribution is -0.136. The molecule has 0 unspecified atom stereocenters. The van der Waals surface area contributed by atoms with E-state index in [-0.39, 0.29) is 30.4 Å². The molecule has 1 aromatic carbocycles. The number of ether oxygens (including phenoxy) is 1. The zero-order valence-electron chi connectivity index (χ0n) is 18.6. The summed E-state index contributed by atoms with van der Waals surface area (Å²) in [6.45, 7) is 7.02. The van der Waals surface area contributed by atoms with E-state index >= 15 is 0 Å². The summed E-state index contributed by atoms with van der Waals surface area (Å²) in [7, 11) is 0. The van der Waals surface area contributed by atoms with Gasteiger partial charge in [-0.05, 0) is 67.8 Å². The van der Waals surface area contributed by atoms with E-state index in [0.29, 0.717) is 18.0 Å². The van der Waals surface area contributed by atoms with Crippen molar-refractivity contribution in [2.45, 2.75) is 39.3 Å². The van der Waals surface area contributed by atoms with Crippen LogP contribution in [0.25, 0.3) is 0 Å². The molecule has 0 radical (unpaired) electrons. The molecule has 0 N–H and O–H groups in total. The van der Waals surface area contributed by atoms with Crippen molar-refractivity contribution < 1.29 is 14.3 Å². The highest BCUT2D eigenvalue weighted by Crippen LogP contribution is 2.34. The smallest absolute Gasteiger partial charge is 0.264 e. The van der Waals surface area contributed by atoms with Crippen LogP contribution in [0.2, 0.25) is 0 Å². The number of nitrogens with zero attached hydrogens (tertiary/aromatic N) is 2. The van der Waals surface area contributed by atoms with Gasteiger partial charge in [0.15, 0.2) is 0 Å². The minimum atomic E-state index is -0.162.